The van der Waals surface area contributed by atoms with Crippen LogP contribution in [0.3, 0.4) is 0 Å². The average molecular weight is 238 g/mol. The van der Waals surface area contributed by atoms with E-state index in [-0.39, 0.29) is 16.9 Å². The number of hydrogen-bond acceptors (Lipinski definition) is 5. The van der Waals surface area contributed by atoms with Crippen LogP contribution in [0.2, 0.25) is 0 Å². The predicted octanol–water partition coefficient (Wildman–Crippen LogP) is 1.96. The fourth-order valence-corrected chi connectivity index (χ4v) is 1.23. The molecule has 0 radical (unpaired) electrons. The van der Waals surface area contributed by atoms with E-state index in [9.17, 15) is 4.79 Å². The highest BCUT2D eigenvalue weighted by molar-refractivity contribution is 5.91. The number of nitrogens with zero attached hydrogens (tertiary/aromatic N) is 2. The molecule has 0 aromatic carbocycles. The van der Waals surface area contributed by atoms with Gasteiger partial charge >= 0.3 is 5.97 Å². The third-order valence-corrected chi connectivity index (χ3v) is 2.11. The van der Waals surface area contributed by atoms with Crippen molar-refractivity contribution < 1.29 is 14.3 Å². The van der Waals surface area contributed by atoms with Gasteiger partial charge in [0, 0.05) is 11.6 Å². The number of rotatable bonds is 3. The largest absolute Gasteiger partial charge is 0.480 e. The van der Waals surface area contributed by atoms with Crippen molar-refractivity contribution in [2.24, 2.45) is 0 Å². The van der Waals surface area contributed by atoms with Gasteiger partial charge in [0.25, 0.3) is 0 Å². The summed E-state index contributed by atoms with van der Waals surface area (Å²) >= 11 is 0. The molecule has 5 heteroatoms. The molecular formula is C12H18N2O3. The lowest BCUT2D eigenvalue weighted by Gasteiger charge is -2.17. The molecular weight excluding hydrogens is 220 g/mol. The zero-order valence-electron chi connectivity index (χ0n) is 10.9. The molecule has 17 heavy (non-hydrogen) atoms. The highest BCUT2D eigenvalue weighted by Crippen LogP contribution is 2.22. The fraction of sp³-hybridized carbons (Fsp3) is 0.583. The van der Waals surface area contributed by atoms with E-state index >= 15 is 0 Å². The van der Waals surface area contributed by atoms with Crippen LogP contribution in [-0.2, 0) is 10.2 Å². The van der Waals surface area contributed by atoms with Crippen LogP contribution in [0.25, 0.3) is 0 Å². The van der Waals surface area contributed by atoms with Crippen molar-refractivity contribution in [3.05, 3.63) is 17.6 Å². The lowest BCUT2D eigenvalue weighted by atomic mass is 9.96. The van der Waals surface area contributed by atoms with Crippen molar-refractivity contribution in [3.8, 4) is 5.88 Å². The molecule has 1 rings (SSSR count). The molecule has 1 aromatic rings. The minimum atomic E-state index is -0.468. The fourth-order valence-electron chi connectivity index (χ4n) is 1.23. The predicted molar refractivity (Wildman–Crippen MR) is 63.2 cm³/mol. The SMILES string of the molecule is CCOC(=O)c1cnc(C(C)(C)C)nc1OC. The summed E-state index contributed by atoms with van der Waals surface area (Å²) in [5.41, 5.74) is 0.0582. The number of carbonyl (C=O) groups is 1. The van der Waals surface area contributed by atoms with Crippen molar-refractivity contribution in [1.82, 2.24) is 9.97 Å². The van der Waals surface area contributed by atoms with Crippen molar-refractivity contribution in [2.45, 2.75) is 33.1 Å². The van der Waals surface area contributed by atoms with Gasteiger partial charge in [0.2, 0.25) is 5.88 Å². The second-order valence-corrected chi connectivity index (χ2v) is 4.59. The number of carbonyl (C=O) groups excluding carboxylic acids is 1. The van der Waals surface area contributed by atoms with Crippen LogP contribution >= 0.6 is 0 Å². The van der Waals surface area contributed by atoms with Crippen LogP contribution in [-0.4, -0.2) is 29.7 Å². The minimum Gasteiger partial charge on any atom is -0.480 e. The van der Waals surface area contributed by atoms with Crippen LogP contribution in [0.4, 0.5) is 0 Å². The van der Waals surface area contributed by atoms with Gasteiger partial charge in [-0.15, -0.1) is 0 Å². The van der Waals surface area contributed by atoms with Crippen LogP contribution in [0.5, 0.6) is 5.88 Å². The Morgan fingerprint density at radius 1 is 1.41 bits per heavy atom. The first-order chi connectivity index (χ1) is 7.90. The quantitative estimate of drug-likeness (QED) is 0.753. The third-order valence-electron chi connectivity index (χ3n) is 2.11. The first kappa shape index (κ1) is 13.4. The number of hydrogen-bond donors (Lipinski definition) is 0. The monoisotopic (exact) mass is 238 g/mol. The van der Waals surface area contributed by atoms with Crippen molar-refractivity contribution in [3.63, 3.8) is 0 Å². The topological polar surface area (TPSA) is 61.3 Å². The van der Waals surface area contributed by atoms with Gasteiger partial charge in [0.1, 0.15) is 11.4 Å². The van der Waals surface area contributed by atoms with Crippen molar-refractivity contribution in [1.29, 1.82) is 0 Å². The van der Waals surface area contributed by atoms with E-state index in [0.717, 1.165) is 0 Å². The third kappa shape index (κ3) is 3.15. The van der Waals surface area contributed by atoms with E-state index in [1.807, 2.05) is 20.8 Å². The lowest BCUT2D eigenvalue weighted by Crippen LogP contribution is -2.18. The second-order valence-electron chi connectivity index (χ2n) is 4.59. The van der Waals surface area contributed by atoms with E-state index in [4.69, 9.17) is 9.47 Å². The maximum absolute atomic E-state index is 11.6. The highest BCUT2D eigenvalue weighted by Gasteiger charge is 2.22. The first-order valence-corrected chi connectivity index (χ1v) is 5.48. The normalized spacial score (nSPS) is 11.1. The van der Waals surface area contributed by atoms with Gasteiger partial charge in [-0.1, -0.05) is 20.8 Å². The van der Waals surface area contributed by atoms with Crippen molar-refractivity contribution >= 4 is 5.97 Å². The molecule has 0 spiro atoms. The molecule has 0 atom stereocenters. The molecule has 0 bridgehead atoms. The average Bonchev–Trinajstić information content (AvgIpc) is 2.27. The smallest absolute Gasteiger partial charge is 0.345 e. The van der Waals surface area contributed by atoms with E-state index in [1.165, 1.54) is 13.3 Å². The van der Waals surface area contributed by atoms with Gasteiger partial charge in [-0.05, 0) is 6.92 Å². The number of aromatic nitrogens is 2. The summed E-state index contributed by atoms with van der Waals surface area (Å²) < 4.78 is 9.99. The Morgan fingerprint density at radius 2 is 2.06 bits per heavy atom. The molecule has 1 aromatic heterocycles. The van der Waals surface area contributed by atoms with Crippen LogP contribution < -0.4 is 4.74 Å². The molecule has 0 aliphatic rings. The molecule has 0 fully saturated rings. The second kappa shape index (κ2) is 5.12. The van der Waals surface area contributed by atoms with Crippen LogP contribution in [0.15, 0.2) is 6.20 Å². The molecule has 5 nitrogen and oxygen atoms in total. The zero-order valence-corrected chi connectivity index (χ0v) is 10.9. The van der Waals surface area contributed by atoms with Crippen LogP contribution in [0.1, 0.15) is 43.9 Å². The van der Waals surface area contributed by atoms with Gasteiger partial charge in [-0.2, -0.15) is 4.98 Å². The molecule has 94 valence electrons. The summed E-state index contributed by atoms with van der Waals surface area (Å²) in [6, 6.07) is 0. The maximum Gasteiger partial charge on any atom is 0.345 e. The first-order valence-electron chi connectivity index (χ1n) is 5.48. The zero-order chi connectivity index (χ0) is 13.1. The van der Waals surface area contributed by atoms with E-state index in [1.54, 1.807) is 6.92 Å². The lowest BCUT2D eigenvalue weighted by molar-refractivity contribution is 0.0521. The summed E-state index contributed by atoms with van der Waals surface area (Å²) in [7, 11) is 1.47. The van der Waals surface area contributed by atoms with E-state index in [2.05, 4.69) is 9.97 Å². The van der Waals surface area contributed by atoms with E-state index < -0.39 is 5.97 Å². The molecule has 0 saturated carbocycles. The molecule has 0 amide bonds. The summed E-state index contributed by atoms with van der Waals surface area (Å²) in [6.45, 7) is 8.03. The number of methoxy groups -OCH3 is 1. The summed E-state index contributed by atoms with van der Waals surface area (Å²) in [4.78, 5) is 20.0. The van der Waals surface area contributed by atoms with E-state index in [0.29, 0.717) is 12.4 Å². The Morgan fingerprint density at radius 3 is 2.53 bits per heavy atom. The summed E-state index contributed by atoms with van der Waals surface area (Å²) in [5, 5.41) is 0. The minimum absolute atomic E-state index is 0.194. The van der Waals surface area contributed by atoms with Gasteiger partial charge in [-0.25, -0.2) is 9.78 Å². The summed E-state index contributed by atoms with van der Waals surface area (Å²) in [5.74, 6) is 0.413. The number of esters is 1. The summed E-state index contributed by atoms with van der Waals surface area (Å²) in [6.07, 6.45) is 1.45. The Balaban J connectivity index is 3.14. The molecule has 1 heterocycles. The van der Waals surface area contributed by atoms with Gasteiger partial charge in [0.15, 0.2) is 0 Å². The van der Waals surface area contributed by atoms with Gasteiger partial charge in [-0.3, -0.25) is 0 Å². The molecule has 0 saturated heterocycles. The number of ether oxygens (including phenoxy) is 2. The standard InChI is InChI=1S/C12H18N2O3/c1-6-17-10(15)8-7-13-11(12(2,3)4)14-9(8)16-5/h7H,6H2,1-5H3. The molecule has 0 aliphatic carbocycles. The van der Waals surface area contributed by atoms with Crippen LogP contribution in [0, 0.1) is 0 Å². The Bertz CT molecular complexity index is 411. The Hall–Kier alpha value is -1.65. The molecule has 0 aliphatic heterocycles. The molecule has 0 N–H and O–H groups in total. The maximum atomic E-state index is 11.6. The van der Waals surface area contributed by atoms with Crippen molar-refractivity contribution in [2.75, 3.05) is 13.7 Å². The van der Waals surface area contributed by atoms with Gasteiger partial charge < -0.3 is 9.47 Å². The van der Waals surface area contributed by atoms with Gasteiger partial charge in [0.05, 0.1) is 13.7 Å². The Labute approximate surface area is 101 Å². The highest BCUT2D eigenvalue weighted by atomic mass is 16.5. The Kier molecular flexibility index (Phi) is 4.04. The molecule has 0 unspecified atom stereocenters.